The summed E-state index contributed by atoms with van der Waals surface area (Å²) in [5.74, 6) is 0.813. The van der Waals surface area contributed by atoms with Crippen molar-refractivity contribution in [1.29, 1.82) is 0 Å². The van der Waals surface area contributed by atoms with Gasteiger partial charge >= 0.3 is 0 Å². The van der Waals surface area contributed by atoms with Gasteiger partial charge in [0.2, 0.25) is 0 Å². The Balaban J connectivity index is 1.91. The predicted octanol–water partition coefficient (Wildman–Crippen LogP) is 3.41. The van der Waals surface area contributed by atoms with Crippen molar-refractivity contribution in [3.63, 3.8) is 0 Å². The Morgan fingerprint density at radius 2 is 1.94 bits per heavy atom. The van der Waals surface area contributed by atoms with Crippen molar-refractivity contribution >= 4 is 22.6 Å². The van der Waals surface area contributed by atoms with Crippen LogP contribution in [-0.2, 0) is 5.75 Å². The summed E-state index contributed by atoms with van der Waals surface area (Å²) in [6.45, 7) is 0. The minimum absolute atomic E-state index is 0.813. The first-order valence-electron chi connectivity index (χ1n) is 5.70. The number of aromatic nitrogens is 1. The van der Waals surface area contributed by atoms with E-state index in [1.807, 2.05) is 54.7 Å². The van der Waals surface area contributed by atoms with E-state index >= 15 is 0 Å². The zero-order chi connectivity index (χ0) is 12.6. The fraction of sp³-hybridized carbons (Fsp3) is 0.143. The first-order chi connectivity index (χ1) is 8.88. The first kappa shape index (κ1) is 12.6. The van der Waals surface area contributed by atoms with Crippen LogP contribution in [0, 0.1) is 0 Å². The van der Waals surface area contributed by atoms with Crippen LogP contribution in [0.3, 0.4) is 0 Å². The van der Waals surface area contributed by atoms with Gasteiger partial charge in [-0.1, -0.05) is 36.0 Å². The second-order valence-corrected chi connectivity index (χ2v) is 4.59. The summed E-state index contributed by atoms with van der Waals surface area (Å²) in [6, 6.07) is 16.0. The van der Waals surface area contributed by atoms with Gasteiger partial charge in [0.05, 0.1) is 5.69 Å². The summed E-state index contributed by atoms with van der Waals surface area (Å²) in [6.07, 6.45) is 1.81. The molecule has 0 amide bonds. The first-order valence-corrected chi connectivity index (χ1v) is 6.68. The lowest BCUT2D eigenvalue weighted by atomic mass is 10.3. The molecule has 0 aliphatic carbocycles. The molecule has 1 aromatic heterocycles. The third kappa shape index (κ3) is 3.89. The summed E-state index contributed by atoms with van der Waals surface area (Å²) in [7, 11) is 1.79. The third-order valence-electron chi connectivity index (χ3n) is 2.31. The van der Waals surface area contributed by atoms with Crippen LogP contribution in [-0.4, -0.2) is 17.2 Å². The van der Waals surface area contributed by atoms with Crippen molar-refractivity contribution in [2.24, 2.45) is 4.99 Å². The van der Waals surface area contributed by atoms with E-state index in [-0.39, 0.29) is 0 Å². The quantitative estimate of drug-likeness (QED) is 0.676. The van der Waals surface area contributed by atoms with E-state index in [4.69, 9.17) is 0 Å². The molecule has 1 aromatic carbocycles. The van der Waals surface area contributed by atoms with E-state index in [0.29, 0.717) is 0 Å². The maximum absolute atomic E-state index is 4.29. The second kappa shape index (κ2) is 6.81. The molecular weight excluding hydrogens is 242 g/mol. The average Bonchev–Trinajstić information content (AvgIpc) is 2.45. The average molecular weight is 257 g/mol. The molecule has 2 aromatic rings. The fourth-order valence-corrected chi connectivity index (χ4v) is 2.20. The number of para-hydroxylation sites is 1. The van der Waals surface area contributed by atoms with Gasteiger partial charge in [-0.25, -0.2) is 0 Å². The minimum atomic E-state index is 0.813. The summed E-state index contributed by atoms with van der Waals surface area (Å²) >= 11 is 1.65. The lowest BCUT2D eigenvalue weighted by Gasteiger charge is -2.08. The highest BCUT2D eigenvalue weighted by atomic mass is 32.2. The Hall–Kier alpha value is -1.81. The monoisotopic (exact) mass is 257 g/mol. The van der Waals surface area contributed by atoms with Gasteiger partial charge in [-0.05, 0) is 24.3 Å². The summed E-state index contributed by atoms with van der Waals surface area (Å²) in [4.78, 5) is 8.53. The number of amidine groups is 1. The maximum Gasteiger partial charge on any atom is 0.161 e. The van der Waals surface area contributed by atoms with Crippen LogP contribution in [0.25, 0.3) is 0 Å². The molecule has 0 spiro atoms. The molecule has 0 radical (unpaired) electrons. The van der Waals surface area contributed by atoms with Crippen molar-refractivity contribution < 1.29 is 0 Å². The Morgan fingerprint density at radius 1 is 1.17 bits per heavy atom. The van der Waals surface area contributed by atoms with Crippen LogP contribution in [0.5, 0.6) is 0 Å². The number of pyridine rings is 1. The van der Waals surface area contributed by atoms with Crippen molar-refractivity contribution in [3.05, 3.63) is 60.4 Å². The molecular formula is C14H15N3S. The molecule has 1 heterocycles. The molecule has 0 aliphatic rings. The van der Waals surface area contributed by atoms with E-state index in [2.05, 4.69) is 15.3 Å². The number of nitrogens with one attached hydrogen (secondary N) is 1. The van der Waals surface area contributed by atoms with Gasteiger partial charge in [0.1, 0.15) is 0 Å². The van der Waals surface area contributed by atoms with Gasteiger partial charge in [0.25, 0.3) is 0 Å². The molecule has 0 unspecified atom stereocenters. The van der Waals surface area contributed by atoms with Gasteiger partial charge in [-0.3, -0.25) is 9.98 Å². The molecule has 2 rings (SSSR count). The number of aliphatic imine (C=N–C) groups is 1. The largest absolute Gasteiger partial charge is 0.335 e. The van der Waals surface area contributed by atoms with Gasteiger partial charge < -0.3 is 5.32 Å². The molecule has 0 saturated carbocycles. The molecule has 18 heavy (non-hydrogen) atoms. The molecule has 0 aliphatic heterocycles. The van der Waals surface area contributed by atoms with E-state index in [0.717, 1.165) is 22.3 Å². The van der Waals surface area contributed by atoms with E-state index < -0.39 is 0 Å². The van der Waals surface area contributed by atoms with Gasteiger partial charge in [0, 0.05) is 24.7 Å². The smallest absolute Gasteiger partial charge is 0.161 e. The number of hydrogen-bond acceptors (Lipinski definition) is 3. The maximum atomic E-state index is 4.29. The van der Waals surface area contributed by atoms with E-state index in [9.17, 15) is 0 Å². The van der Waals surface area contributed by atoms with Crippen LogP contribution in [0.15, 0.2) is 59.7 Å². The van der Waals surface area contributed by atoms with Crippen molar-refractivity contribution in [1.82, 2.24) is 4.98 Å². The number of hydrogen-bond donors (Lipinski definition) is 1. The van der Waals surface area contributed by atoms with Crippen LogP contribution >= 0.6 is 11.8 Å². The lowest BCUT2D eigenvalue weighted by molar-refractivity contribution is 1.18. The van der Waals surface area contributed by atoms with Crippen LogP contribution < -0.4 is 5.32 Å². The second-order valence-electron chi connectivity index (χ2n) is 3.63. The molecule has 92 valence electrons. The Morgan fingerprint density at radius 3 is 2.61 bits per heavy atom. The molecule has 1 N–H and O–H groups in total. The van der Waals surface area contributed by atoms with Crippen LogP contribution in [0.2, 0.25) is 0 Å². The molecule has 0 bridgehead atoms. The van der Waals surface area contributed by atoms with Crippen LogP contribution in [0.1, 0.15) is 5.69 Å². The number of nitrogens with zero attached hydrogens (tertiary/aromatic N) is 2. The highest BCUT2D eigenvalue weighted by Crippen LogP contribution is 2.14. The third-order valence-corrected chi connectivity index (χ3v) is 3.31. The zero-order valence-electron chi connectivity index (χ0n) is 10.2. The van der Waals surface area contributed by atoms with Crippen molar-refractivity contribution in [3.8, 4) is 0 Å². The standard InChI is InChI=1S/C14H15N3S/c1-15-14(17-12-7-3-2-4-8-12)18-11-13-9-5-6-10-16-13/h2-10H,11H2,1H3,(H,15,17). The Labute approximate surface area is 111 Å². The normalized spacial score (nSPS) is 11.3. The highest BCUT2D eigenvalue weighted by molar-refractivity contribution is 8.13. The minimum Gasteiger partial charge on any atom is -0.335 e. The van der Waals surface area contributed by atoms with E-state index in [1.54, 1.807) is 18.8 Å². The Bertz CT molecular complexity index is 497. The lowest BCUT2D eigenvalue weighted by Crippen LogP contribution is -2.08. The zero-order valence-corrected chi connectivity index (χ0v) is 11.0. The van der Waals surface area contributed by atoms with Crippen molar-refractivity contribution in [2.75, 3.05) is 12.4 Å². The topological polar surface area (TPSA) is 37.3 Å². The summed E-state index contributed by atoms with van der Waals surface area (Å²) in [5, 5.41) is 4.18. The fourth-order valence-electron chi connectivity index (χ4n) is 1.43. The Kier molecular flexibility index (Phi) is 4.78. The molecule has 3 nitrogen and oxygen atoms in total. The van der Waals surface area contributed by atoms with E-state index in [1.165, 1.54) is 0 Å². The summed E-state index contributed by atoms with van der Waals surface area (Å²) in [5.41, 5.74) is 2.10. The molecule has 0 atom stereocenters. The number of benzene rings is 1. The van der Waals surface area contributed by atoms with Gasteiger partial charge in [-0.2, -0.15) is 0 Å². The predicted molar refractivity (Wildman–Crippen MR) is 79.0 cm³/mol. The van der Waals surface area contributed by atoms with Gasteiger partial charge in [-0.15, -0.1) is 0 Å². The number of rotatable bonds is 3. The molecule has 0 fully saturated rings. The highest BCUT2D eigenvalue weighted by Gasteiger charge is 2.01. The SMILES string of the molecule is CN=C(Nc1ccccc1)SCc1ccccn1. The summed E-state index contributed by atoms with van der Waals surface area (Å²) < 4.78 is 0. The van der Waals surface area contributed by atoms with Gasteiger partial charge in [0.15, 0.2) is 5.17 Å². The number of thioether (sulfide) groups is 1. The number of anilines is 1. The molecule has 0 saturated heterocycles. The van der Waals surface area contributed by atoms with Crippen molar-refractivity contribution in [2.45, 2.75) is 5.75 Å². The van der Waals surface area contributed by atoms with Crippen LogP contribution in [0.4, 0.5) is 5.69 Å². The molecule has 4 heteroatoms.